The van der Waals surface area contributed by atoms with Crippen molar-refractivity contribution in [3.8, 4) is 11.4 Å². The lowest BCUT2D eigenvalue weighted by Crippen LogP contribution is -2.51. The van der Waals surface area contributed by atoms with Crippen molar-refractivity contribution in [2.45, 2.75) is 31.8 Å². The van der Waals surface area contributed by atoms with Crippen molar-refractivity contribution >= 4 is 5.82 Å². The Balaban J connectivity index is 1.55. The van der Waals surface area contributed by atoms with Gasteiger partial charge in [0.2, 0.25) is 0 Å². The van der Waals surface area contributed by atoms with Crippen molar-refractivity contribution < 1.29 is 0 Å². The fourth-order valence-electron chi connectivity index (χ4n) is 4.41. The van der Waals surface area contributed by atoms with Crippen molar-refractivity contribution in [3.05, 3.63) is 35.8 Å². The third-order valence-electron chi connectivity index (χ3n) is 5.72. The topological polar surface area (TPSA) is 57.2 Å². The minimum atomic E-state index is 0.697. The maximum Gasteiger partial charge on any atom is 0.163 e. The molecule has 0 amide bonds. The summed E-state index contributed by atoms with van der Waals surface area (Å²) in [6.45, 7) is 6.44. The van der Waals surface area contributed by atoms with Crippen LogP contribution in [0.2, 0.25) is 0 Å². The van der Waals surface area contributed by atoms with Gasteiger partial charge in [-0.15, -0.1) is 0 Å². The van der Waals surface area contributed by atoms with Crippen LogP contribution in [0.1, 0.15) is 24.1 Å². The first-order chi connectivity index (χ1) is 12.4. The molecular weight excluding hydrogens is 312 g/mol. The van der Waals surface area contributed by atoms with Crippen LogP contribution >= 0.6 is 0 Å². The maximum atomic E-state index is 5.02. The zero-order valence-electron chi connectivity index (χ0n) is 14.5. The number of pyridine rings is 1. The molecule has 2 fully saturated rings. The molecule has 5 rings (SSSR count). The van der Waals surface area contributed by atoms with E-state index in [9.17, 15) is 0 Å². The van der Waals surface area contributed by atoms with Crippen LogP contribution in [0, 0.1) is 0 Å². The summed E-state index contributed by atoms with van der Waals surface area (Å²) in [7, 11) is 0. The summed E-state index contributed by atoms with van der Waals surface area (Å²) in [5, 5.41) is 3.45. The second-order valence-electron chi connectivity index (χ2n) is 7.24. The molecule has 1 atom stereocenters. The number of rotatable bonds is 2. The molecule has 0 radical (unpaired) electrons. The van der Waals surface area contributed by atoms with Gasteiger partial charge in [0.25, 0.3) is 0 Å². The van der Waals surface area contributed by atoms with E-state index < -0.39 is 0 Å². The minimum absolute atomic E-state index is 0.697. The average molecular weight is 336 g/mol. The lowest BCUT2D eigenvalue weighted by molar-refractivity contribution is 0.230. The van der Waals surface area contributed by atoms with Crippen molar-refractivity contribution in [3.63, 3.8) is 0 Å². The number of piperazine rings is 1. The number of hydrogen-bond acceptors (Lipinski definition) is 6. The van der Waals surface area contributed by atoms with E-state index in [0.29, 0.717) is 6.04 Å². The highest BCUT2D eigenvalue weighted by Gasteiger charge is 2.33. The van der Waals surface area contributed by atoms with Crippen LogP contribution in [0.4, 0.5) is 5.82 Å². The lowest BCUT2D eigenvalue weighted by Gasteiger charge is -2.39. The number of fused-ring (bicyclic) bond motifs is 2. The quantitative estimate of drug-likeness (QED) is 0.896. The molecule has 3 aliphatic rings. The van der Waals surface area contributed by atoms with Gasteiger partial charge >= 0.3 is 0 Å². The van der Waals surface area contributed by atoms with Crippen LogP contribution in [-0.2, 0) is 13.0 Å². The van der Waals surface area contributed by atoms with Crippen LogP contribution < -0.4 is 10.2 Å². The van der Waals surface area contributed by atoms with Crippen molar-refractivity contribution in [2.75, 3.05) is 37.6 Å². The Morgan fingerprint density at radius 2 is 2.16 bits per heavy atom. The standard InChI is InChI=1S/C19H24N6/c1-3-14(11-20-6-1)18-22-17-12-21-7-5-16(17)19(23-18)25-10-9-24-8-2-4-15(24)13-25/h1,3,6,11,15,21H,2,4-5,7-10,12-13H2/t15-/m1/s1. The van der Waals surface area contributed by atoms with E-state index in [0.717, 1.165) is 62.0 Å². The zero-order chi connectivity index (χ0) is 16.6. The summed E-state index contributed by atoms with van der Waals surface area (Å²) in [6, 6.07) is 4.69. The third kappa shape index (κ3) is 2.79. The van der Waals surface area contributed by atoms with Crippen LogP contribution in [0.25, 0.3) is 11.4 Å². The molecule has 1 N–H and O–H groups in total. The maximum absolute atomic E-state index is 5.02. The molecule has 5 heterocycles. The Hall–Kier alpha value is -2.05. The Morgan fingerprint density at radius 3 is 3.08 bits per heavy atom. The number of aromatic nitrogens is 3. The van der Waals surface area contributed by atoms with Gasteiger partial charge in [-0.05, 0) is 44.5 Å². The van der Waals surface area contributed by atoms with Crippen LogP contribution in [0.3, 0.4) is 0 Å². The number of hydrogen-bond donors (Lipinski definition) is 1. The third-order valence-corrected chi connectivity index (χ3v) is 5.72. The summed E-state index contributed by atoms with van der Waals surface area (Å²) in [5.41, 5.74) is 3.50. The van der Waals surface area contributed by atoms with Gasteiger partial charge in [-0.3, -0.25) is 9.88 Å². The van der Waals surface area contributed by atoms with E-state index in [4.69, 9.17) is 9.97 Å². The molecule has 2 aromatic heterocycles. The predicted octanol–water partition coefficient (Wildman–Crippen LogP) is 1.47. The minimum Gasteiger partial charge on any atom is -0.353 e. The van der Waals surface area contributed by atoms with Crippen molar-refractivity contribution in [2.24, 2.45) is 0 Å². The van der Waals surface area contributed by atoms with Gasteiger partial charge in [0.15, 0.2) is 5.82 Å². The van der Waals surface area contributed by atoms with Gasteiger partial charge in [-0.25, -0.2) is 9.97 Å². The largest absolute Gasteiger partial charge is 0.353 e. The molecule has 2 aromatic rings. The Morgan fingerprint density at radius 1 is 1.16 bits per heavy atom. The first kappa shape index (κ1) is 15.2. The van der Waals surface area contributed by atoms with E-state index in [2.05, 4.69) is 20.1 Å². The fourth-order valence-corrected chi connectivity index (χ4v) is 4.41. The average Bonchev–Trinajstić information content (AvgIpc) is 3.15. The van der Waals surface area contributed by atoms with Crippen molar-refractivity contribution in [1.29, 1.82) is 0 Å². The van der Waals surface area contributed by atoms with E-state index in [-0.39, 0.29) is 0 Å². The molecule has 0 bridgehead atoms. The predicted molar refractivity (Wildman–Crippen MR) is 97.5 cm³/mol. The van der Waals surface area contributed by atoms with Gasteiger partial charge in [0.05, 0.1) is 5.69 Å². The Labute approximate surface area is 148 Å². The molecule has 0 saturated carbocycles. The SMILES string of the molecule is c1cncc(-c2nc3c(c(N4CCN5CCC[C@@H]5C4)n2)CCNC3)c1. The first-order valence-electron chi connectivity index (χ1n) is 9.38. The normalized spacial score (nSPS) is 23.4. The van der Waals surface area contributed by atoms with Gasteiger partial charge in [0.1, 0.15) is 5.82 Å². The van der Waals surface area contributed by atoms with Gasteiger partial charge in [-0.2, -0.15) is 0 Å². The molecule has 2 saturated heterocycles. The second kappa shape index (κ2) is 6.35. The molecule has 0 spiro atoms. The fraction of sp³-hybridized carbons (Fsp3) is 0.526. The molecule has 3 aliphatic heterocycles. The van der Waals surface area contributed by atoms with Crippen LogP contribution in [0.5, 0.6) is 0 Å². The number of anilines is 1. The zero-order valence-corrected chi connectivity index (χ0v) is 14.5. The lowest BCUT2D eigenvalue weighted by atomic mass is 10.0. The molecule has 0 aromatic carbocycles. The van der Waals surface area contributed by atoms with Gasteiger partial charge in [0, 0.05) is 55.7 Å². The van der Waals surface area contributed by atoms with Crippen LogP contribution in [0.15, 0.2) is 24.5 Å². The van der Waals surface area contributed by atoms with E-state index in [1.165, 1.54) is 24.9 Å². The molecule has 0 aliphatic carbocycles. The van der Waals surface area contributed by atoms with E-state index >= 15 is 0 Å². The molecule has 0 unspecified atom stereocenters. The summed E-state index contributed by atoms with van der Waals surface area (Å²) in [4.78, 5) is 19.3. The molecule has 6 heteroatoms. The van der Waals surface area contributed by atoms with E-state index in [1.807, 2.05) is 18.3 Å². The monoisotopic (exact) mass is 336 g/mol. The van der Waals surface area contributed by atoms with Crippen molar-refractivity contribution in [1.82, 2.24) is 25.2 Å². The number of nitrogens with one attached hydrogen (secondary N) is 1. The summed E-state index contributed by atoms with van der Waals surface area (Å²) < 4.78 is 0. The highest BCUT2D eigenvalue weighted by Crippen LogP contribution is 2.30. The summed E-state index contributed by atoms with van der Waals surface area (Å²) in [5.74, 6) is 1.97. The smallest absolute Gasteiger partial charge is 0.163 e. The molecular formula is C19H24N6. The van der Waals surface area contributed by atoms with E-state index in [1.54, 1.807) is 6.20 Å². The number of nitrogens with zero attached hydrogens (tertiary/aromatic N) is 5. The Bertz CT molecular complexity index is 762. The summed E-state index contributed by atoms with van der Waals surface area (Å²) in [6.07, 6.45) is 7.33. The molecule has 25 heavy (non-hydrogen) atoms. The highest BCUT2D eigenvalue weighted by atomic mass is 15.3. The van der Waals surface area contributed by atoms with Crippen LogP contribution in [-0.4, -0.2) is 58.6 Å². The van der Waals surface area contributed by atoms with Gasteiger partial charge < -0.3 is 10.2 Å². The Kier molecular flexibility index (Phi) is 3.87. The molecule has 130 valence electrons. The highest BCUT2D eigenvalue weighted by molar-refractivity contribution is 5.60. The second-order valence-corrected chi connectivity index (χ2v) is 7.24. The molecule has 6 nitrogen and oxygen atoms in total. The first-order valence-corrected chi connectivity index (χ1v) is 9.38. The summed E-state index contributed by atoms with van der Waals surface area (Å²) >= 11 is 0. The van der Waals surface area contributed by atoms with Gasteiger partial charge in [-0.1, -0.05) is 0 Å².